The number of hydrogen-bond donors (Lipinski definition) is 1. The zero-order valence-corrected chi connectivity index (χ0v) is 18.5. The summed E-state index contributed by atoms with van der Waals surface area (Å²) in [7, 11) is 0. The molecule has 0 spiro atoms. The molecule has 2 aromatic rings. The highest BCUT2D eigenvalue weighted by atomic mass is 16.3. The molecule has 1 aromatic heterocycles. The van der Waals surface area contributed by atoms with E-state index in [1.165, 1.54) is 54.9 Å². The van der Waals surface area contributed by atoms with E-state index in [0.717, 1.165) is 36.5 Å². The van der Waals surface area contributed by atoms with E-state index in [1.54, 1.807) is 5.57 Å². The smallest absolute Gasteiger partial charge is 0.0543 e. The van der Waals surface area contributed by atoms with Crippen molar-refractivity contribution < 1.29 is 5.11 Å². The van der Waals surface area contributed by atoms with Crippen LogP contribution in [-0.4, -0.2) is 16.2 Å². The lowest BCUT2D eigenvalue weighted by atomic mass is 9.44. The van der Waals surface area contributed by atoms with Crippen molar-refractivity contribution in [3.05, 3.63) is 48.3 Å². The lowest BCUT2D eigenvalue weighted by Crippen LogP contribution is -2.53. The van der Waals surface area contributed by atoms with E-state index >= 15 is 0 Å². The maximum Gasteiger partial charge on any atom is 0.0543 e. The number of rotatable bonds is 1. The first kappa shape index (κ1) is 19.0. The quantitative estimate of drug-likeness (QED) is 0.581. The summed E-state index contributed by atoms with van der Waals surface area (Å²) in [6.45, 7) is 5.16. The average molecular weight is 402 g/mol. The van der Waals surface area contributed by atoms with E-state index < -0.39 is 0 Å². The van der Waals surface area contributed by atoms with E-state index in [2.05, 4.69) is 49.2 Å². The zero-order chi connectivity index (χ0) is 20.5. The van der Waals surface area contributed by atoms with E-state index in [-0.39, 0.29) is 6.10 Å². The highest BCUT2D eigenvalue weighted by Gasteiger charge is 2.58. The third-order valence-corrected chi connectivity index (χ3v) is 10.2. The monoisotopic (exact) mass is 401 g/mol. The van der Waals surface area contributed by atoms with Gasteiger partial charge in [0.25, 0.3) is 0 Å². The average Bonchev–Trinajstić information content (AvgIpc) is 3.11. The minimum atomic E-state index is -0.0451. The van der Waals surface area contributed by atoms with Crippen molar-refractivity contribution >= 4 is 16.3 Å². The van der Waals surface area contributed by atoms with Crippen LogP contribution in [0.15, 0.2) is 42.7 Å². The fraction of sp³-hybridized carbons (Fsp3) is 0.607. The Labute approximate surface area is 180 Å². The van der Waals surface area contributed by atoms with Crippen molar-refractivity contribution in [3.63, 3.8) is 0 Å². The molecule has 3 saturated carbocycles. The number of aromatic nitrogens is 1. The summed E-state index contributed by atoms with van der Waals surface area (Å²) in [6.07, 6.45) is 16.4. The Balaban J connectivity index is 1.32. The van der Waals surface area contributed by atoms with Crippen molar-refractivity contribution in [2.24, 2.45) is 34.5 Å². The Bertz CT molecular complexity index is 1010. The molecule has 1 N–H and O–H groups in total. The second kappa shape index (κ2) is 6.66. The minimum absolute atomic E-state index is 0.0451. The molecule has 4 aliphatic rings. The minimum Gasteiger partial charge on any atom is -0.393 e. The number of hydrogen-bond acceptors (Lipinski definition) is 2. The maximum atomic E-state index is 10.3. The van der Waals surface area contributed by atoms with E-state index in [9.17, 15) is 5.11 Å². The van der Waals surface area contributed by atoms with Gasteiger partial charge in [0.05, 0.1) is 6.10 Å². The highest BCUT2D eigenvalue weighted by Crippen LogP contribution is 2.67. The predicted molar refractivity (Wildman–Crippen MR) is 123 cm³/mol. The van der Waals surface area contributed by atoms with Crippen molar-refractivity contribution in [1.29, 1.82) is 0 Å². The summed E-state index contributed by atoms with van der Waals surface area (Å²) in [5.74, 6) is 3.26. The van der Waals surface area contributed by atoms with Crippen LogP contribution in [0.1, 0.15) is 70.8 Å². The Kier molecular flexibility index (Phi) is 4.23. The fourth-order valence-corrected chi connectivity index (χ4v) is 8.50. The Morgan fingerprint density at radius 2 is 1.87 bits per heavy atom. The summed E-state index contributed by atoms with van der Waals surface area (Å²) in [6, 6.07) is 9.12. The summed E-state index contributed by atoms with van der Waals surface area (Å²) in [4.78, 5) is 4.28. The largest absolute Gasteiger partial charge is 0.393 e. The summed E-state index contributed by atoms with van der Waals surface area (Å²) in [5.41, 5.74) is 3.82. The molecule has 1 aromatic carbocycles. The van der Waals surface area contributed by atoms with Gasteiger partial charge in [0.1, 0.15) is 0 Å². The second-order valence-electron chi connectivity index (χ2n) is 11.3. The third kappa shape index (κ3) is 2.62. The van der Waals surface area contributed by atoms with Crippen molar-refractivity contribution in [2.75, 3.05) is 0 Å². The molecule has 4 aliphatic carbocycles. The molecule has 0 saturated heterocycles. The molecular formula is C28H35NO. The Morgan fingerprint density at radius 3 is 2.77 bits per heavy atom. The highest BCUT2D eigenvalue weighted by molar-refractivity contribution is 5.86. The molecule has 3 fully saturated rings. The number of nitrogens with zero attached hydrogens (tertiary/aromatic N) is 1. The third-order valence-electron chi connectivity index (χ3n) is 10.2. The Morgan fingerprint density at radius 1 is 0.967 bits per heavy atom. The van der Waals surface area contributed by atoms with Crippen LogP contribution in [0.3, 0.4) is 0 Å². The molecule has 158 valence electrons. The van der Waals surface area contributed by atoms with Crippen molar-refractivity contribution in [3.8, 4) is 0 Å². The van der Waals surface area contributed by atoms with Crippen LogP contribution >= 0.6 is 0 Å². The first-order chi connectivity index (χ1) is 14.5. The van der Waals surface area contributed by atoms with Gasteiger partial charge in [-0.1, -0.05) is 32.1 Å². The first-order valence-corrected chi connectivity index (χ1v) is 12.2. The van der Waals surface area contributed by atoms with Gasteiger partial charge in [0.15, 0.2) is 0 Å². The topological polar surface area (TPSA) is 33.1 Å². The summed E-state index contributed by atoms with van der Waals surface area (Å²) in [5, 5.41) is 12.8. The molecule has 6 rings (SSSR count). The van der Waals surface area contributed by atoms with Crippen LogP contribution < -0.4 is 0 Å². The number of pyridine rings is 1. The van der Waals surface area contributed by atoms with Crippen molar-refractivity contribution in [2.45, 2.75) is 71.3 Å². The molecule has 0 bridgehead atoms. The predicted octanol–water partition coefficient (Wildman–Crippen LogP) is 6.63. The SMILES string of the molecule is C[C@]12CC[C@@H](O)C[C@@H]1CC[C@@H]1[C@@H]2CC[C@]2(C)C(c3ccc4cnccc4c3)=CC[C@@H]12. The van der Waals surface area contributed by atoms with E-state index in [4.69, 9.17) is 0 Å². The van der Waals surface area contributed by atoms with Gasteiger partial charge < -0.3 is 5.11 Å². The summed E-state index contributed by atoms with van der Waals surface area (Å²) < 4.78 is 0. The van der Waals surface area contributed by atoms with Gasteiger partial charge in [-0.05, 0) is 115 Å². The molecule has 0 radical (unpaired) electrons. The van der Waals surface area contributed by atoms with Crippen LogP contribution in [0.4, 0.5) is 0 Å². The standard InChI is InChI=1S/C28H35NO/c1-27-12-9-22(30)16-21(27)5-6-23-25-8-7-24(28(25,2)13-10-26(23)27)19-3-4-20-17-29-14-11-18(20)15-19/h3-4,7,11,14-15,17,21-23,25-26,30H,5-6,8-10,12-13,16H2,1-2H3/t21-,22+,23-,25-,26-,27-,28+/m0/s1. The van der Waals surface area contributed by atoms with Gasteiger partial charge >= 0.3 is 0 Å². The summed E-state index contributed by atoms with van der Waals surface area (Å²) >= 11 is 0. The van der Waals surface area contributed by atoms with Crippen molar-refractivity contribution in [1.82, 2.24) is 4.98 Å². The molecule has 0 unspecified atom stereocenters. The molecular weight excluding hydrogens is 366 g/mol. The van der Waals surface area contributed by atoms with Crippen LogP contribution in [-0.2, 0) is 0 Å². The molecule has 30 heavy (non-hydrogen) atoms. The number of benzene rings is 1. The van der Waals surface area contributed by atoms with Gasteiger partial charge in [0, 0.05) is 17.8 Å². The van der Waals surface area contributed by atoms with Gasteiger partial charge in [-0.25, -0.2) is 0 Å². The van der Waals surface area contributed by atoms with Gasteiger partial charge in [-0.15, -0.1) is 0 Å². The molecule has 0 aliphatic heterocycles. The zero-order valence-electron chi connectivity index (χ0n) is 18.5. The van der Waals surface area contributed by atoms with E-state index in [0.29, 0.717) is 10.8 Å². The molecule has 2 heteroatoms. The lowest BCUT2D eigenvalue weighted by molar-refractivity contribution is -0.115. The maximum absolute atomic E-state index is 10.3. The first-order valence-electron chi connectivity index (χ1n) is 12.2. The molecule has 7 atom stereocenters. The second-order valence-corrected chi connectivity index (χ2v) is 11.3. The van der Waals surface area contributed by atoms with Gasteiger partial charge in [-0.2, -0.15) is 0 Å². The Hall–Kier alpha value is -1.67. The number of aliphatic hydroxyl groups is 1. The van der Waals surface area contributed by atoms with Gasteiger partial charge in [0.2, 0.25) is 0 Å². The normalized spacial score (nSPS) is 42.9. The molecule has 0 amide bonds. The number of allylic oxidation sites excluding steroid dienone is 2. The molecule has 2 nitrogen and oxygen atoms in total. The fourth-order valence-electron chi connectivity index (χ4n) is 8.50. The van der Waals surface area contributed by atoms with Gasteiger partial charge in [-0.3, -0.25) is 4.98 Å². The van der Waals surface area contributed by atoms with Crippen LogP contribution in [0.5, 0.6) is 0 Å². The van der Waals surface area contributed by atoms with E-state index in [1.807, 2.05) is 12.4 Å². The van der Waals surface area contributed by atoms with Crippen LogP contribution in [0.25, 0.3) is 16.3 Å². The number of aliphatic hydroxyl groups excluding tert-OH is 1. The van der Waals surface area contributed by atoms with Crippen LogP contribution in [0.2, 0.25) is 0 Å². The molecule has 1 heterocycles. The number of fused-ring (bicyclic) bond motifs is 6. The lowest BCUT2D eigenvalue weighted by Gasteiger charge is -2.60. The van der Waals surface area contributed by atoms with Crippen LogP contribution in [0, 0.1) is 34.5 Å².